The Balaban J connectivity index is 1.42. The molecule has 1 aliphatic rings. The number of rotatable bonds is 6. The normalized spacial score (nSPS) is 17.3. The van der Waals surface area contributed by atoms with E-state index in [-0.39, 0.29) is 12.2 Å². The third kappa shape index (κ3) is 4.43. The molecule has 2 aromatic carbocycles. The Labute approximate surface area is 167 Å². The van der Waals surface area contributed by atoms with E-state index in [1.165, 1.54) is 6.92 Å². The van der Waals surface area contributed by atoms with Gasteiger partial charge in [-0.1, -0.05) is 35.5 Å². The van der Waals surface area contributed by atoms with Crippen molar-refractivity contribution >= 4 is 17.8 Å². The van der Waals surface area contributed by atoms with Crippen molar-refractivity contribution in [2.45, 2.75) is 26.1 Å². The molecule has 2 heterocycles. The number of Topliss-reactive ketones (excluding diaryl/α,β-unsaturated/α-hetero) is 1. The Bertz CT molecular complexity index is 1050. The van der Waals surface area contributed by atoms with E-state index in [2.05, 4.69) is 5.16 Å². The fraction of sp³-hybridized carbons (Fsp3) is 0.174. The number of ketones is 1. The summed E-state index contributed by atoms with van der Waals surface area (Å²) in [6.45, 7) is 1.90. The third-order valence-corrected chi connectivity index (χ3v) is 4.61. The monoisotopic (exact) mass is 389 g/mol. The summed E-state index contributed by atoms with van der Waals surface area (Å²) in [6, 6.07) is 19.2. The summed E-state index contributed by atoms with van der Waals surface area (Å²) < 4.78 is 16.1. The number of esters is 1. The van der Waals surface area contributed by atoms with E-state index in [0.29, 0.717) is 23.6 Å². The van der Waals surface area contributed by atoms with Crippen molar-refractivity contribution in [2.24, 2.45) is 0 Å². The van der Waals surface area contributed by atoms with E-state index in [4.69, 9.17) is 14.0 Å². The molecular weight excluding hydrogens is 370 g/mol. The summed E-state index contributed by atoms with van der Waals surface area (Å²) >= 11 is 0. The summed E-state index contributed by atoms with van der Waals surface area (Å²) in [6.07, 6.45) is 1.11. The Morgan fingerprint density at radius 3 is 2.62 bits per heavy atom. The van der Waals surface area contributed by atoms with Gasteiger partial charge >= 0.3 is 5.97 Å². The molecule has 1 fully saturated rings. The van der Waals surface area contributed by atoms with Crippen LogP contribution >= 0.6 is 0 Å². The Morgan fingerprint density at radius 2 is 1.93 bits per heavy atom. The van der Waals surface area contributed by atoms with Gasteiger partial charge in [0.05, 0.1) is 0 Å². The summed E-state index contributed by atoms with van der Waals surface area (Å²) in [5.74, 6) is 0.519. The standard InChI is InChI=1S/C23H19NO5/c1-15(25)22-12-18(23(26)28-22)11-20-13-21(24-29-20)17-7-9-19(10-8-17)27-14-16-5-3-2-4-6-16/h2-11,13,22H,12,14H2,1H3/b18-11+. The smallest absolute Gasteiger partial charge is 0.335 e. The lowest BCUT2D eigenvalue weighted by Crippen LogP contribution is -2.16. The van der Waals surface area contributed by atoms with Crippen molar-refractivity contribution in [3.8, 4) is 17.0 Å². The number of aromatic nitrogens is 1. The van der Waals surface area contributed by atoms with Gasteiger partial charge in [0, 0.05) is 23.6 Å². The summed E-state index contributed by atoms with van der Waals surface area (Å²) in [5, 5.41) is 4.05. The first-order valence-corrected chi connectivity index (χ1v) is 9.24. The molecule has 1 aromatic heterocycles. The molecule has 0 bridgehead atoms. The second-order valence-corrected chi connectivity index (χ2v) is 6.79. The highest BCUT2D eigenvalue weighted by Gasteiger charge is 2.32. The van der Waals surface area contributed by atoms with Gasteiger partial charge in [-0.05, 0) is 42.8 Å². The minimum atomic E-state index is -0.709. The first-order chi connectivity index (χ1) is 14.1. The highest BCUT2D eigenvalue weighted by atomic mass is 16.6. The first kappa shape index (κ1) is 18.7. The number of benzene rings is 2. The number of hydrogen-bond acceptors (Lipinski definition) is 6. The molecule has 0 N–H and O–H groups in total. The molecule has 3 aromatic rings. The average molecular weight is 389 g/mol. The summed E-state index contributed by atoms with van der Waals surface area (Å²) in [7, 11) is 0. The maximum atomic E-state index is 11.9. The lowest BCUT2D eigenvalue weighted by Gasteiger charge is -2.06. The molecule has 1 atom stereocenters. The predicted molar refractivity (Wildman–Crippen MR) is 106 cm³/mol. The van der Waals surface area contributed by atoms with E-state index in [1.54, 1.807) is 12.1 Å². The van der Waals surface area contributed by atoms with E-state index >= 15 is 0 Å². The van der Waals surface area contributed by atoms with Crippen molar-refractivity contribution in [3.63, 3.8) is 0 Å². The maximum absolute atomic E-state index is 11.9. The second-order valence-electron chi connectivity index (χ2n) is 6.79. The molecule has 146 valence electrons. The zero-order valence-corrected chi connectivity index (χ0v) is 15.8. The minimum Gasteiger partial charge on any atom is -0.489 e. The summed E-state index contributed by atoms with van der Waals surface area (Å²) in [4.78, 5) is 23.2. The highest BCUT2D eigenvalue weighted by molar-refractivity contribution is 5.99. The predicted octanol–water partition coefficient (Wildman–Crippen LogP) is 4.21. The van der Waals surface area contributed by atoms with Crippen LogP contribution in [0.5, 0.6) is 5.75 Å². The van der Waals surface area contributed by atoms with Crippen molar-refractivity contribution in [3.05, 3.63) is 77.6 Å². The largest absolute Gasteiger partial charge is 0.489 e. The van der Waals surface area contributed by atoms with Crippen LogP contribution in [0.4, 0.5) is 0 Å². The van der Waals surface area contributed by atoms with Crippen LogP contribution in [0, 0.1) is 0 Å². The molecule has 0 saturated carbocycles. The van der Waals surface area contributed by atoms with Gasteiger partial charge in [-0.25, -0.2) is 4.79 Å². The van der Waals surface area contributed by atoms with E-state index < -0.39 is 12.1 Å². The van der Waals surface area contributed by atoms with Gasteiger partial charge in [0.25, 0.3) is 0 Å². The molecule has 1 unspecified atom stereocenters. The fourth-order valence-electron chi connectivity index (χ4n) is 3.00. The molecule has 0 aliphatic carbocycles. The molecule has 0 radical (unpaired) electrons. The van der Waals surface area contributed by atoms with Gasteiger partial charge in [-0.15, -0.1) is 0 Å². The van der Waals surface area contributed by atoms with Crippen LogP contribution in [0.25, 0.3) is 17.3 Å². The SMILES string of the molecule is CC(=O)C1C/C(=C\c2cc(-c3ccc(OCc4ccccc4)cc3)no2)C(=O)O1. The minimum absolute atomic E-state index is 0.172. The van der Waals surface area contributed by atoms with Gasteiger partial charge in [0.2, 0.25) is 0 Å². The van der Waals surface area contributed by atoms with Gasteiger partial charge < -0.3 is 14.0 Å². The molecule has 4 rings (SSSR count). The van der Waals surface area contributed by atoms with Crippen LogP contribution < -0.4 is 4.74 Å². The van der Waals surface area contributed by atoms with E-state index in [9.17, 15) is 9.59 Å². The lowest BCUT2D eigenvalue weighted by atomic mass is 10.1. The van der Waals surface area contributed by atoms with Gasteiger partial charge in [-0.2, -0.15) is 0 Å². The topological polar surface area (TPSA) is 78.6 Å². The number of carbonyl (C=O) groups is 2. The van der Waals surface area contributed by atoms with Gasteiger partial charge in [-0.3, -0.25) is 4.79 Å². The van der Waals surface area contributed by atoms with Crippen LogP contribution in [0.3, 0.4) is 0 Å². The number of hydrogen-bond donors (Lipinski definition) is 0. The molecule has 6 nitrogen and oxygen atoms in total. The third-order valence-electron chi connectivity index (χ3n) is 4.61. The molecule has 1 saturated heterocycles. The molecule has 0 amide bonds. The molecule has 0 spiro atoms. The van der Waals surface area contributed by atoms with Crippen LogP contribution in [0.2, 0.25) is 0 Å². The molecule has 29 heavy (non-hydrogen) atoms. The number of cyclic esters (lactones) is 1. The molecular formula is C23H19NO5. The average Bonchev–Trinajstić information content (AvgIpc) is 3.35. The Hall–Kier alpha value is -3.67. The van der Waals surface area contributed by atoms with Crippen LogP contribution in [-0.2, 0) is 20.9 Å². The van der Waals surface area contributed by atoms with Crippen molar-refractivity contribution in [1.82, 2.24) is 5.16 Å². The van der Waals surface area contributed by atoms with E-state index in [1.807, 2.05) is 54.6 Å². The van der Waals surface area contributed by atoms with E-state index in [0.717, 1.165) is 16.9 Å². The zero-order valence-electron chi connectivity index (χ0n) is 15.8. The molecule has 6 heteroatoms. The second kappa shape index (κ2) is 8.14. The summed E-state index contributed by atoms with van der Waals surface area (Å²) in [5.41, 5.74) is 3.00. The van der Waals surface area contributed by atoms with Crippen molar-refractivity contribution in [1.29, 1.82) is 0 Å². The number of ether oxygens (including phenoxy) is 2. The molecule has 1 aliphatic heterocycles. The fourth-order valence-corrected chi connectivity index (χ4v) is 3.00. The lowest BCUT2D eigenvalue weighted by molar-refractivity contribution is -0.144. The van der Waals surface area contributed by atoms with Crippen LogP contribution in [-0.4, -0.2) is 23.0 Å². The zero-order chi connectivity index (χ0) is 20.2. The maximum Gasteiger partial charge on any atom is 0.335 e. The first-order valence-electron chi connectivity index (χ1n) is 9.24. The van der Waals surface area contributed by atoms with Crippen LogP contribution in [0.15, 0.2) is 70.8 Å². The Kier molecular flexibility index (Phi) is 5.24. The van der Waals surface area contributed by atoms with Crippen LogP contribution in [0.1, 0.15) is 24.7 Å². The number of carbonyl (C=O) groups excluding carboxylic acids is 2. The van der Waals surface area contributed by atoms with Crippen molar-refractivity contribution in [2.75, 3.05) is 0 Å². The number of nitrogens with zero attached hydrogens (tertiary/aromatic N) is 1. The van der Waals surface area contributed by atoms with Crippen molar-refractivity contribution < 1.29 is 23.6 Å². The van der Waals surface area contributed by atoms with Gasteiger partial charge in [0.15, 0.2) is 17.6 Å². The highest BCUT2D eigenvalue weighted by Crippen LogP contribution is 2.27. The Morgan fingerprint density at radius 1 is 1.17 bits per heavy atom. The quantitative estimate of drug-likeness (QED) is 0.464. The van der Waals surface area contributed by atoms with Gasteiger partial charge in [0.1, 0.15) is 18.1 Å².